The normalized spacial score (nSPS) is 11.4. The molecule has 4 N–H and O–H groups in total. The number of hydrogen-bond donors (Lipinski definition) is 3. The number of aromatic nitrogens is 1. The Bertz CT molecular complexity index is 501. The summed E-state index contributed by atoms with van der Waals surface area (Å²) >= 11 is 0. The van der Waals surface area contributed by atoms with Crippen LogP contribution in [0.25, 0.3) is 10.9 Å². The Morgan fingerprint density at radius 3 is 2.71 bits per heavy atom. The second-order valence-electron chi connectivity index (χ2n) is 3.51. The molecule has 0 saturated heterocycles. The van der Waals surface area contributed by atoms with Gasteiger partial charge < -0.3 is 15.8 Å². The molecule has 0 amide bonds. The van der Waals surface area contributed by atoms with Crippen molar-refractivity contribution in [3.8, 4) is 0 Å². The van der Waals surface area contributed by atoms with E-state index in [0.717, 1.165) is 16.5 Å². The fourth-order valence-corrected chi connectivity index (χ4v) is 1.62. The first kappa shape index (κ1) is 17.8. The van der Waals surface area contributed by atoms with Gasteiger partial charge in [0, 0.05) is 23.5 Å². The summed E-state index contributed by atoms with van der Waals surface area (Å²) in [7, 11) is 0. The van der Waals surface area contributed by atoms with Gasteiger partial charge >= 0.3 is 86.9 Å². The fraction of sp³-hybridized carbons (Fsp3) is 0.182. The molecule has 4 nitrogen and oxygen atoms in total. The molecular weight excluding hydrogens is 254 g/mol. The summed E-state index contributed by atoms with van der Waals surface area (Å²) in [6.45, 7) is 0. The van der Waals surface area contributed by atoms with Crippen LogP contribution < -0.4 is 5.73 Å². The maximum absolute atomic E-state index is 10.6. The van der Waals surface area contributed by atoms with Crippen LogP contribution in [0.3, 0.4) is 0 Å². The van der Waals surface area contributed by atoms with E-state index < -0.39 is 12.0 Å². The van der Waals surface area contributed by atoms with E-state index in [0.29, 0.717) is 6.42 Å². The number of aliphatic carboxylic acids is 1. The number of carboxylic acid groups (broad SMARTS) is 1. The molecule has 0 fully saturated rings. The van der Waals surface area contributed by atoms with E-state index in [1.165, 1.54) is 0 Å². The summed E-state index contributed by atoms with van der Waals surface area (Å²) in [5.41, 5.74) is 7.43. The molecule has 1 atom stereocenters. The Kier molecular flexibility index (Phi) is 8.48. The molecule has 0 saturated carbocycles. The first-order valence-corrected chi connectivity index (χ1v) is 4.72. The number of hydrogen-bond acceptors (Lipinski definition) is 2. The van der Waals surface area contributed by atoms with Gasteiger partial charge in [-0.1, -0.05) is 18.2 Å². The van der Waals surface area contributed by atoms with Gasteiger partial charge in [-0.3, -0.25) is 4.79 Å². The molecule has 17 heavy (non-hydrogen) atoms. The third-order valence-electron chi connectivity index (χ3n) is 2.43. The Morgan fingerprint density at radius 1 is 1.41 bits per heavy atom. The van der Waals surface area contributed by atoms with Gasteiger partial charge in [0.1, 0.15) is 6.04 Å². The van der Waals surface area contributed by atoms with Gasteiger partial charge in [-0.15, -0.1) is 0 Å². The molecule has 0 aliphatic rings. The van der Waals surface area contributed by atoms with Crippen LogP contribution in [0.1, 0.15) is 5.56 Å². The van der Waals surface area contributed by atoms with Crippen molar-refractivity contribution in [1.29, 1.82) is 0 Å². The number of nitrogens with two attached hydrogens (primary N) is 1. The molecule has 0 aliphatic carbocycles. The summed E-state index contributed by atoms with van der Waals surface area (Å²) in [6, 6.07) is 6.91. The molecule has 82 valence electrons. The third-order valence-corrected chi connectivity index (χ3v) is 2.43. The van der Waals surface area contributed by atoms with E-state index in [9.17, 15) is 4.79 Å². The van der Waals surface area contributed by atoms with E-state index in [4.69, 9.17) is 10.8 Å². The number of fused-ring (bicyclic) bond motifs is 1. The van der Waals surface area contributed by atoms with Gasteiger partial charge in [0.2, 0.25) is 0 Å². The molecule has 1 heterocycles. The summed E-state index contributed by atoms with van der Waals surface area (Å²) in [5.74, 6) is -0.972. The fourth-order valence-electron chi connectivity index (χ4n) is 1.62. The Balaban J connectivity index is 0.00000128. The Hall–Kier alpha value is 0.826. The molecule has 2 aromatic rings. The quantitative estimate of drug-likeness (QED) is 0.676. The minimum atomic E-state index is -0.972. The number of nitrogens with one attached hydrogen (secondary N) is 1. The van der Waals surface area contributed by atoms with Gasteiger partial charge in [0.05, 0.1) is 0 Å². The maximum atomic E-state index is 10.6. The van der Waals surface area contributed by atoms with Gasteiger partial charge in [-0.25, -0.2) is 0 Å². The van der Waals surface area contributed by atoms with Crippen molar-refractivity contribution in [2.45, 2.75) is 12.5 Å². The van der Waals surface area contributed by atoms with Crippen molar-refractivity contribution >= 4 is 97.8 Å². The van der Waals surface area contributed by atoms with E-state index >= 15 is 0 Å². The van der Waals surface area contributed by atoms with Crippen LogP contribution in [0.2, 0.25) is 0 Å². The summed E-state index contributed by atoms with van der Waals surface area (Å²) in [4.78, 5) is 13.7. The van der Waals surface area contributed by atoms with Crippen LogP contribution in [0, 0.1) is 0 Å². The first-order chi connectivity index (χ1) is 7.18. The second kappa shape index (κ2) is 8.09. The minimum absolute atomic E-state index is 0. The van der Waals surface area contributed by atoms with Crippen LogP contribution in [-0.2, 0) is 11.2 Å². The number of rotatable bonds is 3. The van der Waals surface area contributed by atoms with Crippen molar-refractivity contribution in [1.82, 2.24) is 4.98 Å². The molecule has 0 spiro atoms. The number of aromatic amines is 1. The molecule has 0 bridgehead atoms. The average molecular weight is 268 g/mol. The van der Waals surface area contributed by atoms with Crippen LogP contribution in [-0.4, -0.2) is 103 Å². The average Bonchev–Trinajstić information content (AvgIpc) is 2.62. The zero-order chi connectivity index (χ0) is 10.8. The predicted octanol–water partition coefficient (Wildman–Crippen LogP) is -0.175. The van der Waals surface area contributed by atoms with Crippen LogP contribution in [0.5, 0.6) is 0 Å². The number of para-hydroxylation sites is 1. The standard InChI is InChI=1S/C11H12N2O2.K.Na.2H/c12-9(11(14)15)5-7-6-13-10-4-2-1-3-8(7)10;;;;/h1-4,6,9,13H,5,12H2,(H,14,15);;;;. The summed E-state index contributed by atoms with van der Waals surface area (Å²) in [6.07, 6.45) is 2.16. The van der Waals surface area contributed by atoms with E-state index in [1.807, 2.05) is 30.5 Å². The zero-order valence-electron chi connectivity index (χ0n) is 8.10. The summed E-state index contributed by atoms with van der Waals surface area (Å²) < 4.78 is 0. The first-order valence-electron chi connectivity index (χ1n) is 4.72. The third kappa shape index (κ3) is 4.45. The van der Waals surface area contributed by atoms with Gasteiger partial charge in [0.25, 0.3) is 0 Å². The van der Waals surface area contributed by atoms with Gasteiger partial charge in [-0.05, 0) is 11.6 Å². The molecule has 0 radical (unpaired) electrons. The molecular formula is C11H14KN2NaO2. The van der Waals surface area contributed by atoms with Crippen molar-refractivity contribution in [2.75, 3.05) is 0 Å². The molecule has 1 aromatic heterocycles. The Labute approximate surface area is 164 Å². The second-order valence-corrected chi connectivity index (χ2v) is 3.51. The number of carbonyl (C=O) groups is 1. The molecule has 6 heteroatoms. The van der Waals surface area contributed by atoms with E-state index in [-0.39, 0.29) is 80.9 Å². The number of benzene rings is 1. The SMILES string of the molecule is NC(Cc1c[nH]c2ccccc12)C(=O)O.[KH].[NaH]. The van der Waals surface area contributed by atoms with E-state index in [1.54, 1.807) is 0 Å². The van der Waals surface area contributed by atoms with Crippen molar-refractivity contribution in [2.24, 2.45) is 5.73 Å². The molecule has 0 aliphatic heterocycles. The molecule has 1 unspecified atom stereocenters. The number of carboxylic acids is 1. The topological polar surface area (TPSA) is 79.1 Å². The van der Waals surface area contributed by atoms with Crippen molar-refractivity contribution in [3.05, 3.63) is 36.0 Å². The predicted molar refractivity (Wildman–Crippen MR) is 71.9 cm³/mol. The monoisotopic (exact) mass is 268 g/mol. The van der Waals surface area contributed by atoms with Crippen LogP contribution >= 0.6 is 0 Å². The Morgan fingerprint density at radius 2 is 2.06 bits per heavy atom. The molecule has 1 aromatic carbocycles. The van der Waals surface area contributed by atoms with Gasteiger partial charge in [0.15, 0.2) is 0 Å². The summed E-state index contributed by atoms with van der Waals surface area (Å²) in [5, 5.41) is 9.75. The zero-order valence-corrected chi connectivity index (χ0v) is 8.10. The van der Waals surface area contributed by atoms with Gasteiger partial charge in [-0.2, -0.15) is 0 Å². The number of H-pyrrole nitrogens is 1. The van der Waals surface area contributed by atoms with Crippen LogP contribution in [0.15, 0.2) is 30.5 Å². The van der Waals surface area contributed by atoms with Crippen molar-refractivity contribution in [3.63, 3.8) is 0 Å². The van der Waals surface area contributed by atoms with E-state index in [2.05, 4.69) is 4.98 Å². The molecule has 2 rings (SSSR count). The van der Waals surface area contributed by atoms with Crippen molar-refractivity contribution < 1.29 is 9.90 Å². The van der Waals surface area contributed by atoms with Crippen LogP contribution in [0.4, 0.5) is 0 Å².